The molecule has 1 saturated heterocycles. The van der Waals surface area contributed by atoms with Crippen LogP contribution in [0.1, 0.15) is 16.9 Å². The van der Waals surface area contributed by atoms with Crippen LogP contribution in [0.5, 0.6) is 0 Å². The van der Waals surface area contributed by atoms with E-state index in [0.29, 0.717) is 18.7 Å². The van der Waals surface area contributed by atoms with E-state index in [1.807, 2.05) is 25.1 Å². The predicted octanol–water partition coefficient (Wildman–Crippen LogP) is -0.0887. The molecule has 0 aromatic carbocycles. The van der Waals surface area contributed by atoms with Crippen molar-refractivity contribution in [3.8, 4) is 0 Å². The molecule has 1 aliphatic rings. The summed E-state index contributed by atoms with van der Waals surface area (Å²) in [6.07, 6.45) is 2.03. The first-order valence-electron chi connectivity index (χ1n) is 6.70. The topological polar surface area (TPSA) is 82.6 Å². The maximum atomic E-state index is 12.4. The van der Waals surface area contributed by atoms with Gasteiger partial charge in [-0.25, -0.2) is 13.1 Å². The summed E-state index contributed by atoms with van der Waals surface area (Å²) in [5.41, 5.74) is 1.22. The normalized spacial score (nSPS) is 18.8. The highest BCUT2D eigenvalue weighted by molar-refractivity contribution is 7.90. The summed E-state index contributed by atoms with van der Waals surface area (Å²) in [4.78, 5) is 19.9. The molecule has 8 heteroatoms. The number of hydrogen-bond acceptors (Lipinski definition) is 5. The molecular weight excluding hydrogens is 292 g/mol. The van der Waals surface area contributed by atoms with E-state index in [1.54, 1.807) is 17.2 Å². The van der Waals surface area contributed by atoms with Gasteiger partial charge in [0.05, 0.1) is 5.25 Å². The van der Waals surface area contributed by atoms with E-state index in [1.165, 1.54) is 7.05 Å². The van der Waals surface area contributed by atoms with Crippen LogP contribution >= 0.6 is 0 Å². The number of carbonyl (C=O) groups is 1. The zero-order valence-corrected chi connectivity index (χ0v) is 13.2. The zero-order chi connectivity index (χ0) is 15.6. The molecule has 1 fully saturated rings. The Kier molecular flexibility index (Phi) is 4.48. The highest BCUT2D eigenvalue weighted by Gasteiger charge is 2.35. The molecule has 0 aliphatic carbocycles. The van der Waals surface area contributed by atoms with Gasteiger partial charge in [-0.2, -0.15) is 0 Å². The van der Waals surface area contributed by atoms with Crippen molar-refractivity contribution in [2.24, 2.45) is 0 Å². The molecule has 7 nitrogen and oxygen atoms in total. The number of likely N-dealkylation sites (tertiary alicyclic amines) is 1. The summed E-state index contributed by atoms with van der Waals surface area (Å²) in [5.74, 6) is -0.229. The third kappa shape index (κ3) is 3.33. The Balaban J connectivity index is 2.14. The second-order valence-electron chi connectivity index (χ2n) is 5.20. The molecule has 0 spiro atoms. The predicted molar refractivity (Wildman–Crippen MR) is 80.9 cm³/mol. The molecule has 1 aliphatic heterocycles. The first kappa shape index (κ1) is 15.7. The summed E-state index contributed by atoms with van der Waals surface area (Å²) < 4.78 is 25.9. The second-order valence-corrected chi connectivity index (χ2v) is 7.37. The molecule has 1 N–H and O–H groups in total. The maximum Gasteiger partial charge on any atom is 0.272 e. The van der Waals surface area contributed by atoms with Gasteiger partial charge in [-0.15, -0.1) is 0 Å². The first-order valence-corrected chi connectivity index (χ1v) is 8.25. The fourth-order valence-electron chi connectivity index (χ4n) is 2.31. The summed E-state index contributed by atoms with van der Waals surface area (Å²) in [5, 5.41) is -0.552. The summed E-state index contributed by atoms with van der Waals surface area (Å²) in [6, 6.07) is 3.53. The van der Waals surface area contributed by atoms with Crippen LogP contribution in [0.3, 0.4) is 0 Å². The Morgan fingerprint density at radius 2 is 2.19 bits per heavy atom. The molecule has 1 amide bonds. The molecule has 1 aromatic heterocycles. The van der Waals surface area contributed by atoms with E-state index >= 15 is 0 Å². The van der Waals surface area contributed by atoms with Crippen LogP contribution < -0.4 is 9.62 Å². The quantitative estimate of drug-likeness (QED) is 0.840. The van der Waals surface area contributed by atoms with Gasteiger partial charge in [0.1, 0.15) is 5.69 Å². The van der Waals surface area contributed by atoms with Crippen molar-refractivity contribution in [3.05, 3.63) is 24.0 Å². The number of anilines is 1. The van der Waals surface area contributed by atoms with Gasteiger partial charge < -0.3 is 9.80 Å². The van der Waals surface area contributed by atoms with Crippen molar-refractivity contribution in [3.63, 3.8) is 0 Å². The molecule has 0 bridgehead atoms. The summed E-state index contributed by atoms with van der Waals surface area (Å²) in [7, 11) is 1.82. The Labute approximate surface area is 125 Å². The highest BCUT2D eigenvalue weighted by atomic mass is 32.2. The van der Waals surface area contributed by atoms with Crippen LogP contribution in [0.15, 0.2) is 18.3 Å². The van der Waals surface area contributed by atoms with Crippen LogP contribution in [0.25, 0.3) is 0 Å². The molecule has 1 aromatic rings. The van der Waals surface area contributed by atoms with Crippen LogP contribution in [0.2, 0.25) is 0 Å². The van der Waals surface area contributed by atoms with E-state index in [2.05, 4.69) is 9.71 Å². The standard InChI is InChI=1S/C13H20N4O3S/c1-14-21(19,20)11-5-7-17(9-11)13(18)12-8-10(16(2)3)4-6-15-12/h4,6,8,11,14H,5,7,9H2,1-3H3. The number of aromatic nitrogens is 1. The van der Waals surface area contributed by atoms with Gasteiger partial charge in [-0.1, -0.05) is 0 Å². The van der Waals surface area contributed by atoms with Crippen LogP contribution in [-0.2, 0) is 10.0 Å². The number of pyridine rings is 1. The number of sulfonamides is 1. The van der Waals surface area contributed by atoms with Crippen molar-refractivity contribution in [1.29, 1.82) is 0 Å². The minimum Gasteiger partial charge on any atom is -0.378 e. The molecule has 1 atom stereocenters. The van der Waals surface area contributed by atoms with Gasteiger partial charge in [0, 0.05) is 39.1 Å². The lowest BCUT2D eigenvalue weighted by molar-refractivity contribution is 0.0787. The molecule has 2 heterocycles. The van der Waals surface area contributed by atoms with E-state index < -0.39 is 15.3 Å². The van der Waals surface area contributed by atoms with Crippen molar-refractivity contribution < 1.29 is 13.2 Å². The van der Waals surface area contributed by atoms with Crippen molar-refractivity contribution in [2.75, 3.05) is 39.1 Å². The number of nitrogens with zero attached hydrogens (tertiary/aromatic N) is 3. The van der Waals surface area contributed by atoms with Crippen molar-refractivity contribution in [2.45, 2.75) is 11.7 Å². The minimum atomic E-state index is -3.34. The Morgan fingerprint density at radius 3 is 2.81 bits per heavy atom. The molecule has 1 unspecified atom stereocenters. The SMILES string of the molecule is CNS(=O)(=O)C1CCN(C(=O)c2cc(N(C)C)ccn2)C1. The molecule has 2 rings (SSSR count). The molecule has 0 radical (unpaired) electrons. The number of nitrogens with one attached hydrogen (secondary N) is 1. The Hall–Kier alpha value is -1.67. The van der Waals surface area contributed by atoms with E-state index in [4.69, 9.17) is 0 Å². The number of amides is 1. The van der Waals surface area contributed by atoms with E-state index in [9.17, 15) is 13.2 Å². The smallest absolute Gasteiger partial charge is 0.272 e. The van der Waals surface area contributed by atoms with Crippen molar-refractivity contribution >= 4 is 21.6 Å². The van der Waals surface area contributed by atoms with E-state index in [0.717, 1.165) is 5.69 Å². The molecule has 21 heavy (non-hydrogen) atoms. The number of carbonyl (C=O) groups excluding carboxylic acids is 1. The van der Waals surface area contributed by atoms with Gasteiger partial charge in [0.25, 0.3) is 5.91 Å². The largest absolute Gasteiger partial charge is 0.378 e. The minimum absolute atomic E-state index is 0.204. The first-order chi connectivity index (χ1) is 9.85. The van der Waals surface area contributed by atoms with Gasteiger partial charge in [-0.3, -0.25) is 9.78 Å². The molecular formula is C13H20N4O3S. The third-order valence-electron chi connectivity index (χ3n) is 3.63. The Morgan fingerprint density at radius 1 is 1.48 bits per heavy atom. The van der Waals surface area contributed by atoms with Gasteiger partial charge in [0.15, 0.2) is 0 Å². The molecule has 116 valence electrons. The van der Waals surface area contributed by atoms with Gasteiger partial charge in [-0.05, 0) is 25.6 Å². The third-order valence-corrected chi connectivity index (χ3v) is 5.47. The lowest BCUT2D eigenvalue weighted by atomic mass is 10.3. The maximum absolute atomic E-state index is 12.4. The lowest BCUT2D eigenvalue weighted by Crippen LogP contribution is -2.36. The highest BCUT2D eigenvalue weighted by Crippen LogP contribution is 2.19. The van der Waals surface area contributed by atoms with Gasteiger partial charge >= 0.3 is 0 Å². The summed E-state index contributed by atoms with van der Waals surface area (Å²) >= 11 is 0. The van der Waals surface area contributed by atoms with Crippen LogP contribution in [0, 0.1) is 0 Å². The number of hydrogen-bond donors (Lipinski definition) is 1. The zero-order valence-electron chi connectivity index (χ0n) is 12.4. The average molecular weight is 312 g/mol. The molecule has 0 saturated carbocycles. The number of rotatable bonds is 4. The fourth-order valence-corrected chi connectivity index (χ4v) is 3.43. The van der Waals surface area contributed by atoms with Crippen LogP contribution in [0.4, 0.5) is 5.69 Å². The summed E-state index contributed by atoms with van der Waals surface area (Å²) in [6.45, 7) is 0.633. The Bertz CT molecular complexity index is 630. The average Bonchev–Trinajstić information content (AvgIpc) is 2.97. The monoisotopic (exact) mass is 312 g/mol. The van der Waals surface area contributed by atoms with E-state index in [-0.39, 0.29) is 12.5 Å². The van der Waals surface area contributed by atoms with Crippen LogP contribution in [-0.4, -0.2) is 63.7 Å². The second kappa shape index (κ2) is 5.98. The van der Waals surface area contributed by atoms with Crippen molar-refractivity contribution in [1.82, 2.24) is 14.6 Å². The lowest BCUT2D eigenvalue weighted by Gasteiger charge is -2.18. The van der Waals surface area contributed by atoms with Gasteiger partial charge in [0.2, 0.25) is 10.0 Å². The fraction of sp³-hybridized carbons (Fsp3) is 0.538.